The Balaban J connectivity index is 0.000000461. The molecular weight excluding hydrogens is 148 g/mol. The maximum Gasteiger partial charge on any atom is 0.126 e. The smallest absolute Gasteiger partial charge is 0.126 e. The fraction of sp³-hybridized carbons (Fsp3) is 0.125. The monoisotopic (exact) mass is 157 g/mol. The molecule has 1 N–H and O–H groups in total. The van der Waals surface area contributed by atoms with Crippen molar-refractivity contribution in [2.45, 2.75) is 6.92 Å². The fourth-order valence-corrected chi connectivity index (χ4v) is 0.692. The third kappa shape index (κ3) is 3.45. The molecule has 0 heterocycles. The van der Waals surface area contributed by atoms with E-state index in [-0.39, 0.29) is 0 Å². The van der Waals surface area contributed by atoms with Gasteiger partial charge in [0, 0.05) is 6.07 Å². The van der Waals surface area contributed by atoms with Crippen LogP contribution in [-0.4, -0.2) is 6.72 Å². The number of hydrogen-bond donors (Lipinski definition) is 1. The zero-order valence-corrected chi connectivity index (χ0v) is 6.20. The molecule has 0 amide bonds. The molecule has 0 fully saturated rings. The van der Waals surface area contributed by atoms with Crippen LogP contribution in [0.2, 0.25) is 0 Å². The SMILES string of the molecule is C=N.Cc1cc(F)cc(F)c1. The van der Waals surface area contributed by atoms with Crippen LogP contribution in [-0.2, 0) is 0 Å². The highest BCUT2D eigenvalue weighted by Crippen LogP contribution is 2.05. The molecule has 0 spiro atoms. The number of hydrogen-bond acceptors (Lipinski definition) is 1. The number of benzene rings is 1. The Morgan fingerprint density at radius 2 is 1.45 bits per heavy atom. The molecule has 0 aliphatic carbocycles. The lowest BCUT2D eigenvalue weighted by atomic mass is 10.2. The lowest BCUT2D eigenvalue weighted by molar-refractivity contribution is 0.581. The molecule has 1 aromatic rings. The normalized spacial score (nSPS) is 8.27. The van der Waals surface area contributed by atoms with E-state index in [9.17, 15) is 8.78 Å². The predicted molar refractivity (Wildman–Crippen MR) is 40.9 cm³/mol. The van der Waals surface area contributed by atoms with Crippen LogP contribution in [0.3, 0.4) is 0 Å². The number of nitrogens with one attached hydrogen (secondary N) is 1. The quantitative estimate of drug-likeness (QED) is 0.559. The molecule has 0 saturated carbocycles. The Kier molecular flexibility index (Phi) is 4.03. The summed E-state index contributed by atoms with van der Waals surface area (Å²) < 4.78 is 24.4. The lowest BCUT2D eigenvalue weighted by Crippen LogP contribution is -1.80. The molecule has 60 valence electrons. The Labute approximate surface area is 64.2 Å². The van der Waals surface area contributed by atoms with E-state index in [4.69, 9.17) is 5.41 Å². The molecule has 0 bridgehead atoms. The molecule has 0 aromatic heterocycles. The highest BCUT2D eigenvalue weighted by atomic mass is 19.1. The van der Waals surface area contributed by atoms with Gasteiger partial charge in [0.2, 0.25) is 0 Å². The van der Waals surface area contributed by atoms with Crippen LogP contribution >= 0.6 is 0 Å². The van der Waals surface area contributed by atoms with Gasteiger partial charge in [0.15, 0.2) is 0 Å². The second-order valence-electron chi connectivity index (χ2n) is 1.95. The first-order chi connectivity index (χ1) is 5.18. The fourth-order valence-electron chi connectivity index (χ4n) is 0.692. The van der Waals surface area contributed by atoms with Crippen LogP contribution in [0.25, 0.3) is 0 Å². The van der Waals surface area contributed by atoms with Crippen molar-refractivity contribution < 1.29 is 8.78 Å². The van der Waals surface area contributed by atoms with Gasteiger partial charge in [-0.15, -0.1) is 0 Å². The molecule has 1 aromatic carbocycles. The number of aryl methyl sites for hydroxylation is 1. The van der Waals surface area contributed by atoms with Crippen molar-refractivity contribution in [2.24, 2.45) is 0 Å². The van der Waals surface area contributed by atoms with Gasteiger partial charge in [0.1, 0.15) is 11.6 Å². The predicted octanol–water partition coefficient (Wildman–Crippen LogP) is 2.54. The minimum absolute atomic E-state index is 0.521. The highest BCUT2D eigenvalue weighted by molar-refractivity contribution is 5.16. The Morgan fingerprint density at radius 1 is 1.09 bits per heavy atom. The zero-order valence-electron chi connectivity index (χ0n) is 6.20. The van der Waals surface area contributed by atoms with Gasteiger partial charge in [0.25, 0.3) is 0 Å². The first-order valence-electron chi connectivity index (χ1n) is 2.96. The van der Waals surface area contributed by atoms with Crippen LogP contribution in [0, 0.1) is 24.0 Å². The Bertz CT molecular complexity index is 185. The van der Waals surface area contributed by atoms with Crippen molar-refractivity contribution in [1.82, 2.24) is 0 Å². The van der Waals surface area contributed by atoms with E-state index in [2.05, 4.69) is 6.72 Å². The Morgan fingerprint density at radius 3 is 1.73 bits per heavy atom. The first kappa shape index (κ1) is 9.75. The average Bonchev–Trinajstić information content (AvgIpc) is 1.88. The molecule has 0 saturated heterocycles. The van der Waals surface area contributed by atoms with E-state index in [1.54, 1.807) is 6.92 Å². The minimum atomic E-state index is -0.521. The summed E-state index contributed by atoms with van der Waals surface area (Å²) in [6.45, 7) is 4.14. The van der Waals surface area contributed by atoms with Gasteiger partial charge < -0.3 is 5.41 Å². The van der Waals surface area contributed by atoms with Gasteiger partial charge in [-0.05, 0) is 31.3 Å². The van der Waals surface area contributed by atoms with E-state index in [1.807, 2.05) is 0 Å². The highest BCUT2D eigenvalue weighted by Gasteiger charge is 1.93. The van der Waals surface area contributed by atoms with Gasteiger partial charge in [0.05, 0.1) is 0 Å². The summed E-state index contributed by atoms with van der Waals surface area (Å²) in [4.78, 5) is 0. The third-order valence-corrected chi connectivity index (χ3v) is 1.01. The van der Waals surface area contributed by atoms with Crippen molar-refractivity contribution in [3.63, 3.8) is 0 Å². The zero-order chi connectivity index (χ0) is 8.85. The maximum absolute atomic E-state index is 12.2. The summed E-state index contributed by atoms with van der Waals surface area (Å²) in [6.07, 6.45) is 0. The minimum Gasteiger partial charge on any atom is -0.317 e. The van der Waals surface area contributed by atoms with Crippen molar-refractivity contribution in [3.05, 3.63) is 35.4 Å². The summed E-state index contributed by atoms with van der Waals surface area (Å²) in [7, 11) is 0. The van der Waals surface area contributed by atoms with Gasteiger partial charge in [-0.25, -0.2) is 8.78 Å². The van der Waals surface area contributed by atoms with Crippen LogP contribution in [0.4, 0.5) is 8.78 Å². The summed E-state index contributed by atoms with van der Waals surface area (Å²) in [5, 5.41) is 5.50. The lowest BCUT2D eigenvalue weighted by Gasteiger charge is -1.91. The van der Waals surface area contributed by atoms with Crippen LogP contribution < -0.4 is 0 Å². The molecule has 0 atom stereocenters. The molecule has 0 unspecified atom stereocenters. The summed E-state index contributed by atoms with van der Waals surface area (Å²) >= 11 is 0. The van der Waals surface area contributed by atoms with Crippen molar-refractivity contribution in [2.75, 3.05) is 0 Å². The maximum atomic E-state index is 12.2. The third-order valence-electron chi connectivity index (χ3n) is 1.01. The molecule has 0 aliphatic heterocycles. The van der Waals surface area contributed by atoms with Gasteiger partial charge in [-0.3, -0.25) is 0 Å². The van der Waals surface area contributed by atoms with Crippen LogP contribution in [0.15, 0.2) is 18.2 Å². The first-order valence-corrected chi connectivity index (χ1v) is 2.96. The number of halogens is 2. The van der Waals surface area contributed by atoms with Crippen LogP contribution in [0.1, 0.15) is 5.56 Å². The molecule has 1 rings (SSSR count). The van der Waals surface area contributed by atoms with Crippen molar-refractivity contribution in [1.29, 1.82) is 5.41 Å². The van der Waals surface area contributed by atoms with Gasteiger partial charge in [-0.2, -0.15) is 0 Å². The van der Waals surface area contributed by atoms with Crippen LogP contribution in [0.5, 0.6) is 0 Å². The van der Waals surface area contributed by atoms with E-state index < -0.39 is 11.6 Å². The molecular formula is C8H9F2N. The second-order valence-corrected chi connectivity index (χ2v) is 1.95. The molecule has 1 nitrogen and oxygen atoms in total. The van der Waals surface area contributed by atoms with Gasteiger partial charge in [-0.1, -0.05) is 0 Å². The van der Waals surface area contributed by atoms with E-state index in [0.29, 0.717) is 5.56 Å². The Hall–Kier alpha value is -1.25. The molecule has 3 heteroatoms. The second kappa shape index (κ2) is 4.55. The average molecular weight is 157 g/mol. The summed E-state index contributed by atoms with van der Waals surface area (Å²) in [5.74, 6) is -1.04. The van der Waals surface area contributed by atoms with E-state index in [1.165, 1.54) is 12.1 Å². The number of rotatable bonds is 0. The van der Waals surface area contributed by atoms with Crippen molar-refractivity contribution >= 4 is 6.72 Å². The van der Waals surface area contributed by atoms with Crippen molar-refractivity contribution in [3.8, 4) is 0 Å². The standard InChI is InChI=1S/C7H6F2.CH3N/c1-5-2-6(8)4-7(9)3-5;1-2/h2-4H,1H3;2H,1H2. The van der Waals surface area contributed by atoms with E-state index >= 15 is 0 Å². The molecule has 0 radical (unpaired) electrons. The summed E-state index contributed by atoms with van der Waals surface area (Å²) in [6, 6.07) is 3.42. The molecule has 0 aliphatic rings. The van der Waals surface area contributed by atoms with Gasteiger partial charge >= 0.3 is 0 Å². The largest absolute Gasteiger partial charge is 0.317 e. The summed E-state index contributed by atoms with van der Waals surface area (Å²) in [5.41, 5.74) is 0.604. The van der Waals surface area contributed by atoms with E-state index in [0.717, 1.165) is 6.07 Å². The molecule has 11 heavy (non-hydrogen) atoms. The topological polar surface area (TPSA) is 23.9 Å².